The third-order valence-corrected chi connectivity index (χ3v) is 12.7. The summed E-state index contributed by atoms with van der Waals surface area (Å²) in [7, 11) is -5.70. The Morgan fingerprint density at radius 3 is 2.04 bits per heavy atom. The van der Waals surface area contributed by atoms with Crippen LogP contribution in [0.5, 0.6) is 0 Å². The molecule has 0 spiro atoms. The van der Waals surface area contributed by atoms with E-state index in [9.17, 15) is 21.6 Å². The zero-order chi connectivity index (χ0) is 19.0. The molecule has 0 aromatic heterocycles. The summed E-state index contributed by atoms with van der Waals surface area (Å²) in [5.41, 5.74) is -3.08. The zero-order valence-corrected chi connectivity index (χ0v) is 18.0. The van der Waals surface area contributed by atoms with Crippen LogP contribution in [0.4, 0.5) is 13.2 Å². The van der Waals surface area contributed by atoms with Gasteiger partial charge in [0.2, 0.25) is 0 Å². The van der Waals surface area contributed by atoms with Gasteiger partial charge in [0.05, 0.1) is 0 Å². The minimum absolute atomic E-state index is 0.453. The van der Waals surface area contributed by atoms with Crippen LogP contribution in [0.1, 0.15) is 16.7 Å². The first-order valence-electron chi connectivity index (χ1n) is 6.97. The fraction of sp³-hybridized carbons (Fsp3) is 0.250. The molecule has 0 saturated carbocycles. The molecule has 0 radical (unpaired) electrons. The maximum absolute atomic E-state index is 12.9. The Morgan fingerprint density at radius 1 is 1.04 bits per heavy atom. The van der Waals surface area contributed by atoms with Gasteiger partial charge in [-0.15, -0.1) is 0 Å². The predicted molar refractivity (Wildman–Crippen MR) is 102 cm³/mol. The Bertz CT molecular complexity index is 875. The Morgan fingerprint density at radius 2 is 1.56 bits per heavy atom. The second kappa shape index (κ2) is 7.53. The third-order valence-electron chi connectivity index (χ3n) is 3.19. The van der Waals surface area contributed by atoms with Gasteiger partial charge in [-0.3, -0.25) is 0 Å². The van der Waals surface area contributed by atoms with Crippen LogP contribution in [0.25, 0.3) is 0 Å². The van der Waals surface area contributed by atoms with E-state index in [1.54, 1.807) is 38.1 Å². The monoisotopic (exact) mass is 550 g/mol. The summed E-state index contributed by atoms with van der Waals surface area (Å²) in [5.74, 6) is 0. The molecule has 138 valence electrons. The third kappa shape index (κ3) is 4.55. The first-order chi connectivity index (χ1) is 11.4. The summed E-state index contributed by atoms with van der Waals surface area (Å²) < 4.78 is 68.4. The van der Waals surface area contributed by atoms with E-state index < -0.39 is 35.9 Å². The average molecular weight is 551 g/mol. The van der Waals surface area contributed by atoms with Crippen molar-refractivity contribution in [2.75, 3.05) is 0 Å². The van der Waals surface area contributed by atoms with Crippen molar-refractivity contribution in [1.82, 2.24) is 0 Å². The quantitative estimate of drug-likeness (QED) is 0.362. The first-order valence-corrected chi connectivity index (χ1v) is 12.2. The fourth-order valence-electron chi connectivity index (χ4n) is 2.30. The van der Waals surface area contributed by atoms with Gasteiger partial charge < -0.3 is 0 Å². The van der Waals surface area contributed by atoms with E-state index in [-0.39, 0.29) is 0 Å². The number of hydrogen-bond acceptors (Lipinski definition) is 3. The van der Waals surface area contributed by atoms with Crippen LogP contribution in [0.2, 0.25) is 0 Å². The molecule has 0 heterocycles. The molecule has 3 nitrogen and oxygen atoms in total. The molecule has 0 bridgehead atoms. The van der Waals surface area contributed by atoms with Gasteiger partial charge in [-0.2, -0.15) is 0 Å². The average Bonchev–Trinajstić information content (AvgIpc) is 2.44. The zero-order valence-electron chi connectivity index (χ0n) is 13.5. The maximum atomic E-state index is 12.9. The van der Waals surface area contributed by atoms with Gasteiger partial charge in [0.25, 0.3) is 0 Å². The molecule has 0 aliphatic carbocycles. The molecule has 0 aliphatic rings. The van der Waals surface area contributed by atoms with Gasteiger partial charge in [-0.05, 0) is 0 Å². The molecule has 0 saturated heterocycles. The van der Waals surface area contributed by atoms with Crippen molar-refractivity contribution in [3.05, 3.63) is 64.7 Å². The fourth-order valence-corrected chi connectivity index (χ4v) is 10.6. The van der Waals surface area contributed by atoms with Crippen LogP contribution in [-0.4, -0.2) is 13.9 Å². The summed E-state index contributed by atoms with van der Waals surface area (Å²) in [6.07, 6.45) is 0. The summed E-state index contributed by atoms with van der Waals surface area (Å²) in [6, 6.07) is 10.2. The second-order valence-corrected chi connectivity index (χ2v) is 12.4. The minimum atomic E-state index is -5.70. The topological polar surface area (TPSA) is 43.4 Å². The van der Waals surface area contributed by atoms with Crippen molar-refractivity contribution >= 4 is 46.3 Å². The van der Waals surface area contributed by atoms with Gasteiger partial charge in [0.15, 0.2) is 0 Å². The molecule has 0 fully saturated rings. The van der Waals surface area contributed by atoms with Crippen molar-refractivity contribution in [2.45, 2.75) is 26.3 Å². The van der Waals surface area contributed by atoms with Gasteiger partial charge in [0, 0.05) is 0 Å². The predicted octanol–water partition coefficient (Wildman–Crippen LogP) is 5.70. The van der Waals surface area contributed by atoms with E-state index in [2.05, 4.69) is 15.9 Å². The Balaban J connectivity index is 2.69. The SMILES string of the molecule is Cc1cc(C)c(I(OS(=O)(=O)C(F)(F)F)c2ccccc2Br)c(C)c1. The van der Waals surface area contributed by atoms with Crippen LogP contribution >= 0.6 is 36.2 Å². The summed E-state index contributed by atoms with van der Waals surface area (Å²) in [5, 5.41) is 0. The van der Waals surface area contributed by atoms with Gasteiger partial charge >= 0.3 is 161 Å². The summed E-state index contributed by atoms with van der Waals surface area (Å²) in [4.78, 5) is 0. The molecule has 0 atom stereocenters. The number of hydrogen-bond donors (Lipinski definition) is 0. The molecule has 9 heteroatoms. The van der Waals surface area contributed by atoms with Gasteiger partial charge in [-0.25, -0.2) is 0 Å². The molecule has 0 amide bonds. The molecular weight excluding hydrogens is 536 g/mol. The van der Waals surface area contributed by atoms with E-state index in [1.807, 2.05) is 19.1 Å². The molecule has 2 aromatic rings. The van der Waals surface area contributed by atoms with Crippen molar-refractivity contribution < 1.29 is 24.1 Å². The summed E-state index contributed by atoms with van der Waals surface area (Å²) in [6.45, 7) is 5.37. The Hall–Kier alpha value is -0.650. The normalized spacial score (nSPS) is 13.0. The van der Waals surface area contributed by atoms with E-state index in [0.29, 0.717) is 11.6 Å². The first kappa shape index (κ1) is 20.7. The van der Waals surface area contributed by atoms with E-state index in [1.165, 1.54) is 0 Å². The van der Waals surface area contributed by atoms with E-state index in [0.717, 1.165) is 16.7 Å². The molecule has 25 heavy (non-hydrogen) atoms. The Labute approximate surface area is 160 Å². The molecule has 0 unspecified atom stereocenters. The standard InChI is InChI=1S/C16H15BrF3IO3S/c1-10-8-11(2)15(12(3)9-10)21(14-7-5-4-6-13(14)17)24-25(22,23)16(18,19)20/h4-9H,1-3H3. The Kier molecular flexibility index (Phi) is 6.22. The molecule has 0 N–H and O–H groups in total. The van der Waals surface area contributed by atoms with Crippen molar-refractivity contribution in [3.8, 4) is 0 Å². The van der Waals surface area contributed by atoms with E-state index in [4.69, 9.17) is 2.51 Å². The number of rotatable bonds is 4. The van der Waals surface area contributed by atoms with Crippen molar-refractivity contribution in [3.63, 3.8) is 0 Å². The van der Waals surface area contributed by atoms with Crippen LogP contribution in [0.3, 0.4) is 0 Å². The number of alkyl halides is 3. The molecule has 2 aromatic carbocycles. The van der Waals surface area contributed by atoms with Crippen LogP contribution < -0.4 is 0 Å². The van der Waals surface area contributed by atoms with Crippen molar-refractivity contribution in [2.24, 2.45) is 0 Å². The number of halogens is 5. The molecule has 2 rings (SSSR count). The molecular formula is C16H15BrF3IO3S. The van der Waals surface area contributed by atoms with Crippen LogP contribution in [0.15, 0.2) is 40.9 Å². The van der Waals surface area contributed by atoms with E-state index >= 15 is 0 Å². The van der Waals surface area contributed by atoms with Crippen LogP contribution in [-0.2, 0) is 12.6 Å². The number of aryl methyl sites for hydroxylation is 3. The second-order valence-electron chi connectivity index (χ2n) is 5.34. The van der Waals surface area contributed by atoms with Gasteiger partial charge in [-0.1, -0.05) is 0 Å². The summed E-state index contributed by atoms with van der Waals surface area (Å²) >= 11 is -0.0944. The number of benzene rings is 2. The van der Waals surface area contributed by atoms with Crippen LogP contribution in [0, 0.1) is 27.9 Å². The van der Waals surface area contributed by atoms with Gasteiger partial charge in [0.1, 0.15) is 0 Å². The molecule has 0 aliphatic heterocycles. The van der Waals surface area contributed by atoms with Crippen molar-refractivity contribution in [1.29, 1.82) is 0 Å².